The van der Waals surface area contributed by atoms with Gasteiger partial charge < -0.3 is 19.9 Å². The second-order valence-electron chi connectivity index (χ2n) is 4.86. The van der Waals surface area contributed by atoms with Crippen LogP contribution in [0.5, 0.6) is 11.5 Å². The number of aryl methyl sites for hydroxylation is 1. The minimum absolute atomic E-state index is 0.109. The van der Waals surface area contributed by atoms with Crippen molar-refractivity contribution in [3.63, 3.8) is 0 Å². The molecule has 2 rings (SSSR count). The number of carboxylic acid groups (broad SMARTS) is 1. The van der Waals surface area contributed by atoms with E-state index in [1.165, 1.54) is 26.4 Å². The van der Waals surface area contributed by atoms with E-state index in [0.29, 0.717) is 22.7 Å². The number of nitrogens with one attached hydrogen (secondary N) is 1. The fourth-order valence-corrected chi connectivity index (χ4v) is 2.06. The number of carboxylic acids is 1. The highest BCUT2D eigenvalue weighted by atomic mass is 16.5. The number of amides is 1. The summed E-state index contributed by atoms with van der Waals surface area (Å²) < 4.78 is 10.3. The lowest BCUT2D eigenvalue weighted by Crippen LogP contribution is -2.13. The highest BCUT2D eigenvalue weighted by molar-refractivity contribution is 6.05. The van der Waals surface area contributed by atoms with Gasteiger partial charge >= 0.3 is 5.97 Å². The third-order valence-corrected chi connectivity index (χ3v) is 3.38. The van der Waals surface area contributed by atoms with Crippen molar-refractivity contribution in [3.05, 3.63) is 53.1 Å². The van der Waals surface area contributed by atoms with Gasteiger partial charge in [-0.3, -0.25) is 4.79 Å². The van der Waals surface area contributed by atoms with Crippen LogP contribution in [0, 0.1) is 6.92 Å². The first-order valence-electron chi connectivity index (χ1n) is 6.83. The molecule has 23 heavy (non-hydrogen) atoms. The predicted molar refractivity (Wildman–Crippen MR) is 85.6 cm³/mol. The van der Waals surface area contributed by atoms with Crippen molar-refractivity contribution < 1.29 is 24.2 Å². The lowest BCUT2D eigenvalue weighted by molar-refractivity contribution is 0.0696. The fraction of sp³-hybridized carbons (Fsp3) is 0.176. The lowest BCUT2D eigenvalue weighted by Gasteiger charge is -2.12. The van der Waals surface area contributed by atoms with E-state index in [-0.39, 0.29) is 11.5 Å². The Kier molecular flexibility index (Phi) is 4.85. The summed E-state index contributed by atoms with van der Waals surface area (Å²) in [5.74, 6) is -0.451. The van der Waals surface area contributed by atoms with Gasteiger partial charge in [-0.25, -0.2) is 4.79 Å². The van der Waals surface area contributed by atoms with Gasteiger partial charge in [0.2, 0.25) is 0 Å². The molecule has 6 nitrogen and oxygen atoms in total. The molecule has 0 spiro atoms. The summed E-state index contributed by atoms with van der Waals surface area (Å²) in [6.07, 6.45) is 0. The van der Waals surface area contributed by atoms with Crippen LogP contribution in [0.3, 0.4) is 0 Å². The van der Waals surface area contributed by atoms with Gasteiger partial charge in [0.1, 0.15) is 0 Å². The highest BCUT2D eigenvalue weighted by Crippen LogP contribution is 2.28. The SMILES string of the molecule is COc1ccc(C(=O)Nc2cc(C(=O)O)ccc2C)cc1OC. The Morgan fingerprint density at radius 3 is 2.22 bits per heavy atom. The third-order valence-electron chi connectivity index (χ3n) is 3.38. The van der Waals surface area contributed by atoms with Crippen LogP contribution in [0.15, 0.2) is 36.4 Å². The molecule has 0 saturated heterocycles. The zero-order valence-corrected chi connectivity index (χ0v) is 13.0. The summed E-state index contributed by atoms with van der Waals surface area (Å²) in [4.78, 5) is 23.4. The summed E-state index contributed by atoms with van der Waals surface area (Å²) in [7, 11) is 3.00. The van der Waals surface area contributed by atoms with Gasteiger partial charge in [-0.15, -0.1) is 0 Å². The fourth-order valence-electron chi connectivity index (χ4n) is 2.06. The third kappa shape index (κ3) is 3.60. The molecule has 0 aliphatic heterocycles. The summed E-state index contributed by atoms with van der Waals surface area (Å²) >= 11 is 0. The van der Waals surface area contributed by atoms with Crippen LogP contribution in [0.4, 0.5) is 5.69 Å². The average Bonchev–Trinajstić information content (AvgIpc) is 2.55. The smallest absolute Gasteiger partial charge is 0.335 e. The Hall–Kier alpha value is -3.02. The van der Waals surface area contributed by atoms with Crippen LogP contribution in [-0.2, 0) is 0 Å². The maximum atomic E-state index is 12.4. The molecule has 1 amide bonds. The number of methoxy groups -OCH3 is 2. The predicted octanol–water partition coefficient (Wildman–Crippen LogP) is 2.96. The largest absolute Gasteiger partial charge is 0.493 e. The van der Waals surface area contributed by atoms with Gasteiger partial charge in [-0.1, -0.05) is 6.07 Å². The molecule has 0 aliphatic rings. The van der Waals surface area contributed by atoms with Gasteiger partial charge in [-0.05, 0) is 42.8 Å². The van der Waals surface area contributed by atoms with E-state index < -0.39 is 5.97 Å². The number of ether oxygens (including phenoxy) is 2. The maximum Gasteiger partial charge on any atom is 0.335 e. The van der Waals surface area contributed by atoms with Crippen molar-refractivity contribution in [1.82, 2.24) is 0 Å². The Labute approximate surface area is 133 Å². The Morgan fingerprint density at radius 1 is 0.957 bits per heavy atom. The number of hydrogen-bond acceptors (Lipinski definition) is 4. The number of carbonyl (C=O) groups excluding carboxylic acids is 1. The molecular weight excluding hydrogens is 298 g/mol. The van der Waals surface area contributed by atoms with E-state index in [1.54, 1.807) is 31.2 Å². The number of aromatic carboxylic acids is 1. The number of hydrogen-bond donors (Lipinski definition) is 2. The molecule has 2 aromatic rings. The molecule has 0 fully saturated rings. The molecule has 120 valence electrons. The molecule has 0 heterocycles. The summed E-state index contributed by atoms with van der Waals surface area (Å²) in [6, 6.07) is 9.36. The van der Waals surface area contributed by atoms with Crippen LogP contribution in [-0.4, -0.2) is 31.2 Å². The zero-order valence-electron chi connectivity index (χ0n) is 13.0. The van der Waals surface area contributed by atoms with Crippen molar-refractivity contribution in [2.75, 3.05) is 19.5 Å². The Balaban J connectivity index is 2.29. The van der Waals surface area contributed by atoms with Gasteiger partial charge in [0.05, 0.1) is 19.8 Å². The molecule has 0 aliphatic carbocycles. The standard InChI is InChI=1S/C17H17NO5/c1-10-4-5-12(17(20)21)8-13(10)18-16(19)11-6-7-14(22-2)15(9-11)23-3/h4-9H,1-3H3,(H,18,19)(H,20,21). The first kappa shape index (κ1) is 16.4. The molecule has 6 heteroatoms. The molecule has 0 unspecified atom stereocenters. The van der Waals surface area contributed by atoms with E-state index in [1.807, 2.05) is 0 Å². The van der Waals surface area contributed by atoms with Crippen LogP contribution in [0.2, 0.25) is 0 Å². The summed E-state index contributed by atoms with van der Waals surface area (Å²) in [5.41, 5.74) is 1.70. The molecule has 0 radical (unpaired) electrons. The van der Waals surface area contributed by atoms with Crippen LogP contribution < -0.4 is 14.8 Å². The quantitative estimate of drug-likeness (QED) is 0.886. The zero-order chi connectivity index (χ0) is 17.0. The minimum Gasteiger partial charge on any atom is -0.493 e. The summed E-state index contributed by atoms with van der Waals surface area (Å²) in [6.45, 7) is 1.79. The van der Waals surface area contributed by atoms with Crippen molar-refractivity contribution in [1.29, 1.82) is 0 Å². The summed E-state index contributed by atoms with van der Waals surface area (Å²) in [5, 5.41) is 11.7. The van der Waals surface area contributed by atoms with E-state index in [9.17, 15) is 9.59 Å². The van der Waals surface area contributed by atoms with E-state index >= 15 is 0 Å². The van der Waals surface area contributed by atoms with Crippen LogP contribution >= 0.6 is 0 Å². The second kappa shape index (κ2) is 6.83. The maximum absolute atomic E-state index is 12.4. The van der Waals surface area contributed by atoms with E-state index in [2.05, 4.69) is 5.32 Å². The minimum atomic E-state index is -1.05. The Bertz CT molecular complexity index is 755. The van der Waals surface area contributed by atoms with Gasteiger partial charge in [-0.2, -0.15) is 0 Å². The van der Waals surface area contributed by atoms with Crippen molar-refractivity contribution in [2.24, 2.45) is 0 Å². The topological polar surface area (TPSA) is 84.9 Å². The molecule has 2 N–H and O–H groups in total. The molecule has 0 atom stereocenters. The molecule has 0 bridgehead atoms. The monoisotopic (exact) mass is 315 g/mol. The van der Waals surface area contributed by atoms with E-state index in [4.69, 9.17) is 14.6 Å². The number of rotatable bonds is 5. The molecule has 0 aromatic heterocycles. The number of anilines is 1. The van der Waals surface area contributed by atoms with Crippen LogP contribution in [0.1, 0.15) is 26.3 Å². The normalized spacial score (nSPS) is 10.0. The van der Waals surface area contributed by atoms with Crippen molar-refractivity contribution >= 4 is 17.6 Å². The highest BCUT2D eigenvalue weighted by Gasteiger charge is 2.13. The van der Waals surface area contributed by atoms with Crippen LogP contribution in [0.25, 0.3) is 0 Å². The van der Waals surface area contributed by atoms with Crippen molar-refractivity contribution in [3.8, 4) is 11.5 Å². The number of carbonyl (C=O) groups is 2. The van der Waals surface area contributed by atoms with Gasteiger partial charge in [0.25, 0.3) is 5.91 Å². The molecule has 2 aromatic carbocycles. The number of benzene rings is 2. The Morgan fingerprint density at radius 2 is 1.61 bits per heavy atom. The van der Waals surface area contributed by atoms with Crippen molar-refractivity contribution in [2.45, 2.75) is 6.92 Å². The van der Waals surface area contributed by atoms with Gasteiger partial charge in [0.15, 0.2) is 11.5 Å². The average molecular weight is 315 g/mol. The lowest BCUT2D eigenvalue weighted by atomic mass is 10.1. The van der Waals surface area contributed by atoms with E-state index in [0.717, 1.165) is 5.56 Å². The van der Waals surface area contributed by atoms with Gasteiger partial charge in [0, 0.05) is 11.3 Å². The molecular formula is C17H17NO5. The second-order valence-corrected chi connectivity index (χ2v) is 4.86. The first-order chi connectivity index (χ1) is 11.0. The first-order valence-corrected chi connectivity index (χ1v) is 6.83. The molecule has 0 saturated carbocycles.